The third kappa shape index (κ3) is 4.12. The number of halogens is 4. The van der Waals surface area contributed by atoms with E-state index in [1.807, 2.05) is 0 Å². The molecule has 0 fully saturated rings. The number of rotatable bonds is 4. The normalized spacial score (nSPS) is 10.5. The quantitative estimate of drug-likeness (QED) is 0.806. The lowest BCUT2D eigenvalue weighted by Crippen LogP contribution is -2.15. The first-order valence-electron chi connectivity index (χ1n) is 5.63. The first kappa shape index (κ1) is 15.7. The van der Waals surface area contributed by atoms with Crippen LogP contribution in [0.25, 0.3) is 0 Å². The zero-order valence-corrected chi connectivity index (χ0v) is 12.7. The smallest absolute Gasteiger partial charge is 0.387 e. The molecule has 0 radical (unpaired) electrons. The lowest BCUT2D eigenvalue weighted by atomic mass is 10.2. The molecule has 0 unspecified atom stereocenters. The highest BCUT2D eigenvalue weighted by molar-refractivity contribution is 9.10. The van der Waals surface area contributed by atoms with E-state index in [1.54, 1.807) is 6.07 Å². The average Bonchev–Trinajstić information content (AvgIpc) is 2.42. The Hall–Kier alpha value is -1.73. The molecule has 1 amide bonds. The van der Waals surface area contributed by atoms with Crippen molar-refractivity contribution in [2.75, 3.05) is 5.32 Å². The van der Waals surface area contributed by atoms with Crippen molar-refractivity contribution in [3.8, 4) is 5.75 Å². The molecule has 1 N–H and O–H groups in total. The van der Waals surface area contributed by atoms with Crippen LogP contribution >= 0.6 is 27.5 Å². The predicted octanol–water partition coefficient (Wildman–Crippen LogP) is 4.35. The first-order valence-corrected chi connectivity index (χ1v) is 6.80. The Labute approximate surface area is 132 Å². The van der Waals surface area contributed by atoms with Gasteiger partial charge in [0.05, 0.1) is 11.3 Å². The summed E-state index contributed by atoms with van der Waals surface area (Å²) in [5, 5.41) is 2.57. The van der Waals surface area contributed by atoms with Crippen LogP contribution in [0.1, 0.15) is 10.4 Å². The van der Waals surface area contributed by atoms with Crippen molar-refractivity contribution in [1.29, 1.82) is 0 Å². The summed E-state index contributed by atoms with van der Waals surface area (Å²) < 4.78 is 29.5. The van der Waals surface area contributed by atoms with Crippen LogP contribution in [0.2, 0.25) is 5.15 Å². The molecule has 0 atom stereocenters. The van der Waals surface area contributed by atoms with Gasteiger partial charge >= 0.3 is 6.61 Å². The third-order valence-electron chi connectivity index (χ3n) is 2.40. The number of pyridine rings is 1. The van der Waals surface area contributed by atoms with Crippen molar-refractivity contribution in [2.45, 2.75) is 6.61 Å². The Kier molecular flexibility index (Phi) is 5.08. The lowest BCUT2D eigenvalue weighted by Gasteiger charge is -2.11. The van der Waals surface area contributed by atoms with E-state index in [0.29, 0.717) is 4.47 Å². The summed E-state index contributed by atoms with van der Waals surface area (Å²) in [6.45, 7) is -3.02. The zero-order valence-electron chi connectivity index (χ0n) is 10.3. The fraction of sp³-hybridized carbons (Fsp3) is 0.0769. The number of hydrogen-bond donors (Lipinski definition) is 1. The number of carbonyl (C=O) groups excluding carboxylic acids is 1. The van der Waals surface area contributed by atoms with Gasteiger partial charge in [-0.05, 0) is 34.1 Å². The topological polar surface area (TPSA) is 51.2 Å². The molecule has 2 aromatic rings. The summed E-state index contributed by atoms with van der Waals surface area (Å²) in [6.07, 6.45) is 1.46. The molecule has 0 bridgehead atoms. The number of aromatic nitrogens is 1. The molecule has 0 aliphatic carbocycles. The molecule has 110 valence electrons. The molecule has 0 aliphatic heterocycles. The highest BCUT2D eigenvalue weighted by Gasteiger charge is 2.16. The molecular weight excluding hydrogens is 370 g/mol. The number of benzene rings is 1. The molecule has 4 nitrogen and oxygen atoms in total. The van der Waals surface area contributed by atoms with Gasteiger partial charge < -0.3 is 10.1 Å². The SMILES string of the molecule is O=C(Nc1cc(Br)cnc1Cl)c1ccccc1OC(F)F. The van der Waals surface area contributed by atoms with Crippen molar-refractivity contribution in [3.63, 3.8) is 0 Å². The Balaban J connectivity index is 2.26. The van der Waals surface area contributed by atoms with Gasteiger partial charge in [-0.25, -0.2) is 4.98 Å². The summed E-state index contributed by atoms with van der Waals surface area (Å²) in [5.74, 6) is -0.850. The summed E-state index contributed by atoms with van der Waals surface area (Å²) in [6, 6.07) is 7.22. The van der Waals surface area contributed by atoms with Crippen molar-refractivity contribution in [3.05, 3.63) is 51.7 Å². The van der Waals surface area contributed by atoms with Crippen molar-refractivity contribution >= 4 is 39.1 Å². The van der Waals surface area contributed by atoms with Crippen LogP contribution in [0.5, 0.6) is 5.75 Å². The number of para-hydroxylation sites is 1. The fourth-order valence-corrected chi connectivity index (χ4v) is 2.03. The molecule has 0 spiro atoms. The minimum atomic E-state index is -3.02. The molecule has 1 heterocycles. The second kappa shape index (κ2) is 6.82. The number of amides is 1. The molecule has 1 aromatic heterocycles. The van der Waals surface area contributed by atoms with Crippen LogP contribution in [0, 0.1) is 0 Å². The maximum Gasteiger partial charge on any atom is 0.387 e. The maximum absolute atomic E-state index is 12.3. The second-order valence-electron chi connectivity index (χ2n) is 3.82. The zero-order chi connectivity index (χ0) is 15.4. The van der Waals surface area contributed by atoms with Crippen LogP contribution in [-0.2, 0) is 0 Å². The van der Waals surface area contributed by atoms with E-state index in [9.17, 15) is 13.6 Å². The maximum atomic E-state index is 12.3. The second-order valence-corrected chi connectivity index (χ2v) is 5.09. The highest BCUT2D eigenvalue weighted by atomic mass is 79.9. The van der Waals surface area contributed by atoms with Gasteiger partial charge in [-0.1, -0.05) is 23.7 Å². The third-order valence-corrected chi connectivity index (χ3v) is 3.14. The Bertz CT molecular complexity index is 670. The molecule has 2 rings (SSSR count). The van der Waals surface area contributed by atoms with Crippen LogP contribution in [0.15, 0.2) is 41.0 Å². The van der Waals surface area contributed by atoms with Crippen LogP contribution in [0.3, 0.4) is 0 Å². The number of ether oxygens (including phenoxy) is 1. The van der Waals surface area contributed by atoms with E-state index in [4.69, 9.17) is 11.6 Å². The van der Waals surface area contributed by atoms with E-state index in [-0.39, 0.29) is 22.2 Å². The highest BCUT2D eigenvalue weighted by Crippen LogP contribution is 2.26. The number of hydrogen-bond acceptors (Lipinski definition) is 3. The van der Waals surface area contributed by atoms with E-state index in [2.05, 4.69) is 31.0 Å². The predicted molar refractivity (Wildman–Crippen MR) is 78.0 cm³/mol. The Morgan fingerprint density at radius 2 is 2.10 bits per heavy atom. The first-order chi connectivity index (χ1) is 9.97. The summed E-state index contributed by atoms with van der Waals surface area (Å²) >= 11 is 9.05. The molecule has 0 aliphatic rings. The Morgan fingerprint density at radius 1 is 1.38 bits per heavy atom. The largest absolute Gasteiger partial charge is 0.434 e. The standard InChI is InChI=1S/C13H8BrClF2N2O2/c14-7-5-9(11(15)18-6-7)19-12(20)8-3-1-2-4-10(8)21-13(16)17/h1-6,13H,(H,19,20). The van der Waals surface area contributed by atoms with Crippen molar-refractivity contribution in [1.82, 2.24) is 4.98 Å². The number of nitrogens with zero attached hydrogens (tertiary/aromatic N) is 1. The van der Waals surface area contributed by atoms with Crippen molar-refractivity contribution in [2.24, 2.45) is 0 Å². The lowest BCUT2D eigenvalue weighted by molar-refractivity contribution is -0.0501. The van der Waals surface area contributed by atoms with Gasteiger partial charge in [-0.3, -0.25) is 4.79 Å². The van der Waals surface area contributed by atoms with Crippen molar-refractivity contribution < 1.29 is 18.3 Å². The van der Waals surface area contributed by atoms with Gasteiger partial charge in [0.2, 0.25) is 0 Å². The van der Waals surface area contributed by atoms with Crippen LogP contribution < -0.4 is 10.1 Å². The van der Waals surface area contributed by atoms with Gasteiger partial charge in [0.15, 0.2) is 5.15 Å². The summed E-state index contributed by atoms with van der Waals surface area (Å²) in [7, 11) is 0. The molecule has 0 saturated heterocycles. The van der Waals surface area contributed by atoms with Gasteiger partial charge in [-0.2, -0.15) is 8.78 Å². The molecular formula is C13H8BrClF2N2O2. The molecule has 1 aromatic carbocycles. The van der Waals surface area contributed by atoms with Crippen LogP contribution in [-0.4, -0.2) is 17.5 Å². The summed E-state index contributed by atoms with van der Waals surface area (Å²) in [5.41, 5.74) is 0.219. The van der Waals surface area contributed by atoms with Gasteiger partial charge in [0.1, 0.15) is 5.75 Å². The Morgan fingerprint density at radius 3 is 2.81 bits per heavy atom. The number of alkyl halides is 2. The fourth-order valence-electron chi connectivity index (χ4n) is 1.55. The summed E-state index contributed by atoms with van der Waals surface area (Å²) in [4.78, 5) is 16.0. The van der Waals surface area contributed by atoms with Crippen LogP contribution in [0.4, 0.5) is 14.5 Å². The van der Waals surface area contributed by atoms with Gasteiger partial charge in [0.25, 0.3) is 5.91 Å². The monoisotopic (exact) mass is 376 g/mol. The minimum Gasteiger partial charge on any atom is -0.434 e. The number of carbonyl (C=O) groups is 1. The minimum absolute atomic E-state index is 0.0335. The molecule has 21 heavy (non-hydrogen) atoms. The number of anilines is 1. The van der Waals surface area contributed by atoms with E-state index >= 15 is 0 Å². The van der Waals surface area contributed by atoms with E-state index in [0.717, 1.165) is 0 Å². The van der Waals surface area contributed by atoms with E-state index < -0.39 is 12.5 Å². The molecule has 0 saturated carbocycles. The van der Waals surface area contributed by atoms with E-state index in [1.165, 1.54) is 30.5 Å². The van der Waals surface area contributed by atoms with Gasteiger partial charge in [0, 0.05) is 10.7 Å². The number of nitrogens with one attached hydrogen (secondary N) is 1. The van der Waals surface area contributed by atoms with Gasteiger partial charge in [-0.15, -0.1) is 0 Å². The average molecular weight is 378 g/mol. The molecule has 8 heteroatoms.